The number of carbonyl (C=O) groups is 2. The van der Waals surface area contributed by atoms with Crippen LogP contribution in [0.3, 0.4) is 0 Å². The minimum atomic E-state index is -0.461. The van der Waals surface area contributed by atoms with Gasteiger partial charge in [-0.15, -0.1) is 0 Å². The molecule has 0 fully saturated rings. The van der Waals surface area contributed by atoms with E-state index in [-0.39, 0.29) is 6.61 Å². The summed E-state index contributed by atoms with van der Waals surface area (Å²) in [6, 6.07) is 15.8. The van der Waals surface area contributed by atoms with Crippen LogP contribution in [0.5, 0.6) is 0 Å². The number of unbranched alkanes of at least 4 members (excludes halogenated alkanes) is 1. The van der Waals surface area contributed by atoms with Crippen molar-refractivity contribution >= 4 is 11.9 Å². The molecule has 0 amide bonds. The van der Waals surface area contributed by atoms with Crippen LogP contribution in [0.15, 0.2) is 54.6 Å². The maximum absolute atomic E-state index is 12.1. The fourth-order valence-corrected chi connectivity index (χ4v) is 1.97. The molecule has 4 heteroatoms. The summed E-state index contributed by atoms with van der Waals surface area (Å²) in [5.41, 5.74) is 1.61. The van der Waals surface area contributed by atoms with E-state index in [0.29, 0.717) is 17.7 Å². The lowest BCUT2D eigenvalue weighted by Crippen LogP contribution is -2.09. The van der Waals surface area contributed by atoms with E-state index in [4.69, 9.17) is 9.47 Å². The first-order valence-electron chi connectivity index (χ1n) is 7.69. The van der Waals surface area contributed by atoms with Crippen molar-refractivity contribution in [2.75, 3.05) is 6.61 Å². The Morgan fingerprint density at radius 2 is 1.52 bits per heavy atom. The van der Waals surface area contributed by atoms with Crippen LogP contribution in [0, 0.1) is 0 Å². The van der Waals surface area contributed by atoms with Crippen LogP contribution in [0.25, 0.3) is 0 Å². The van der Waals surface area contributed by atoms with Gasteiger partial charge < -0.3 is 9.47 Å². The van der Waals surface area contributed by atoms with Gasteiger partial charge in [-0.25, -0.2) is 9.59 Å². The van der Waals surface area contributed by atoms with E-state index in [9.17, 15) is 9.59 Å². The predicted octanol–water partition coefficient (Wildman–Crippen LogP) is 4.00. The smallest absolute Gasteiger partial charge is 0.338 e. The zero-order valence-corrected chi connectivity index (χ0v) is 13.2. The van der Waals surface area contributed by atoms with Crippen LogP contribution in [0.2, 0.25) is 0 Å². The first-order chi connectivity index (χ1) is 11.2. The van der Waals surface area contributed by atoms with Gasteiger partial charge in [0.2, 0.25) is 0 Å². The molecule has 0 atom stereocenters. The highest BCUT2D eigenvalue weighted by atomic mass is 16.5. The molecule has 0 aliphatic carbocycles. The molecule has 0 aliphatic heterocycles. The van der Waals surface area contributed by atoms with Crippen LogP contribution in [0.1, 0.15) is 46.0 Å². The van der Waals surface area contributed by atoms with Gasteiger partial charge in [0.1, 0.15) is 6.61 Å². The number of hydrogen-bond donors (Lipinski definition) is 0. The third-order valence-corrected chi connectivity index (χ3v) is 3.28. The van der Waals surface area contributed by atoms with E-state index < -0.39 is 11.9 Å². The third kappa shape index (κ3) is 5.25. The van der Waals surface area contributed by atoms with Gasteiger partial charge in [0, 0.05) is 0 Å². The second kappa shape index (κ2) is 8.73. The second-order valence-corrected chi connectivity index (χ2v) is 5.13. The number of rotatable bonds is 7. The van der Waals surface area contributed by atoms with Gasteiger partial charge in [0.25, 0.3) is 0 Å². The van der Waals surface area contributed by atoms with E-state index in [1.165, 1.54) is 6.07 Å². The van der Waals surface area contributed by atoms with E-state index in [1.54, 1.807) is 18.2 Å². The van der Waals surface area contributed by atoms with Crippen molar-refractivity contribution in [3.05, 3.63) is 71.3 Å². The normalized spacial score (nSPS) is 10.1. The maximum atomic E-state index is 12.1. The third-order valence-electron chi connectivity index (χ3n) is 3.28. The molecule has 0 saturated heterocycles. The molecular formula is C19H20O4. The van der Waals surface area contributed by atoms with Crippen molar-refractivity contribution in [1.29, 1.82) is 0 Å². The zero-order chi connectivity index (χ0) is 16.5. The quantitative estimate of drug-likeness (QED) is 0.573. The molecule has 120 valence electrons. The van der Waals surface area contributed by atoms with Gasteiger partial charge in [-0.3, -0.25) is 0 Å². The van der Waals surface area contributed by atoms with Gasteiger partial charge in [0.05, 0.1) is 17.7 Å². The molecule has 0 aromatic heterocycles. The summed E-state index contributed by atoms with van der Waals surface area (Å²) in [6.45, 7) is 2.61. The first kappa shape index (κ1) is 16.7. The lowest BCUT2D eigenvalue weighted by Gasteiger charge is -2.07. The predicted molar refractivity (Wildman–Crippen MR) is 87.2 cm³/mol. The Morgan fingerprint density at radius 3 is 2.17 bits per heavy atom. The summed E-state index contributed by atoms with van der Waals surface area (Å²) in [5, 5.41) is 0. The lowest BCUT2D eigenvalue weighted by atomic mass is 10.1. The number of benzene rings is 2. The molecule has 2 aromatic carbocycles. The molecule has 0 aliphatic rings. The largest absolute Gasteiger partial charge is 0.462 e. The van der Waals surface area contributed by atoms with Crippen molar-refractivity contribution in [1.82, 2.24) is 0 Å². The highest BCUT2D eigenvalue weighted by Crippen LogP contribution is 2.10. The van der Waals surface area contributed by atoms with Crippen LogP contribution < -0.4 is 0 Å². The monoisotopic (exact) mass is 312 g/mol. The topological polar surface area (TPSA) is 52.6 Å². The summed E-state index contributed by atoms with van der Waals surface area (Å²) in [4.78, 5) is 24.0. The van der Waals surface area contributed by atoms with Crippen molar-refractivity contribution in [3.63, 3.8) is 0 Å². The van der Waals surface area contributed by atoms with Crippen molar-refractivity contribution < 1.29 is 19.1 Å². The molecule has 2 aromatic rings. The molecule has 4 nitrogen and oxygen atoms in total. The number of esters is 2. The molecule has 0 N–H and O–H groups in total. The van der Waals surface area contributed by atoms with Crippen LogP contribution in [0.4, 0.5) is 0 Å². The Bertz CT molecular complexity index is 649. The Morgan fingerprint density at radius 1 is 0.870 bits per heavy atom. The van der Waals surface area contributed by atoms with E-state index in [1.807, 2.05) is 37.3 Å². The van der Waals surface area contributed by atoms with E-state index >= 15 is 0 Å². The van der Waals surface area contributed by atoms with Crippen LogP contribution in [-0.2, 0) is 16.1 Å². The second-order valence-electron chi connectivity index (χ2n) is 5.13. The molecule has 0 spiro atoms. The summed E-state index contributed by atoms with van der Waals surface area (Å²) in [5.74, 6) is -0.881. The molecule has 0 bridgehead atoms. The van der Waals surface area contributed by atoms with Gasteiger partial charge in [0.15, 0.2) is 0 Å². The standard InChI is InChI=1S/C19H20O4/c1-2-3-12-22-18(20)16-10-7-11-17(13-16)19(21)23-14-15-8-5-4-6-9-15/h4-11,13H,2-3,12,14H2,1H3. The molecule has 23 heavy (non-hydrogen) atoms. The fourth-order valence-electron chi connectivity index (χ4n) is 1.97. The minimum absolute atomic E-state index is 0.199. The molecule has 0 saturated carbocycles. The average Bonchev–Trinajstić information content (AvgIpc) is 2.61. The molecular weight excluding hydrogens is 292 g/mol. The number of hydrogen-bond acceptors (Lipinski definition) is 4. The Kier molecular flexibility index (Phi) is 6.36. The minimum Gasteiger partial charge on any atom is -0.462 e. The van der Waals surface area contributed by atoms with Crippen LogP contribution >= 0.6 is 0 Å². The maximum Gasteiger partial charge on any atom is 0.338 e. The van der Waals surface area contributed by atoms with Crippen molar-refractivity contribution in [3.8, 4) is 0 Å². The number of carbonyl (C=O) groups excluding carboxylic acids is 2. The van der Waals surface area contributed by atoms with Gasteiger partial charge in [-0.1, -0.05) is 49.7 Å². The summed E-state index contributed by atoms with van der Waals surface area (Å²) in [7, 11) is 0. The first-order valence-corrected chi connectivity index (χ1v) is 7.69. The summed E-state index contributed by atoms with van der Waals surface area (Å²) < 4.78 is 10.4. The van der Waals surface area contributed by atoms with Crippen molar-refractivity contribution in [2.24, 2.45) is 0 Å². The fraction of sp³-hybridized carbons (Fsp3) is 0.263. The Labute approximate surface area is 136 Å². The van der Waals surface area contributed by atoms with Gasteiger partial charge in [-0.05, 0) is 30.2 Å². The lowest BCUT2D eigenvalue weighted by molar-refractivity contribution is 0.0472. The molecule has 2 rings (SSSR count). The van der Waals surface area contributed by atoms with Gasteiger partial charge in [-0.2, -0.15) is 0 Å². The molecule has 0 radical (unpaired) electrons. The SMILES string of the molecule is CCCCOC(=O)c1cccc(C(=O)OCc2ccccc2)c1. The molecule has 0 unspecified atom stereocenters. The Balaban J connectivity index is 1.95. The van der Waals surface area contributed by atoms with Crippen LogP contribution in [-0.4, -0.2) is 18.5 Å². The highest BCUT2D eigenvalue weighted by Gasteiger charge is 2.12. The summed E-state index contributed by atoms with van der Waals surface area (Å²) >= 11 is 0. The van der Waals surface area contributed by atoms with E-state index in [0.717, 1.165) is 18.4 Å². The summed E-state index contributed by atoms with van der Waals surface area (Å²) in [6.07, 6.45) is 1.78. The van der Waals surface area contributed by atoms with Gasteiger partial charge >= 0.3 is 11.9 Å². The Hall–Kier alpha value is -2.62. The van der Waals surface area contributed by atoms with Crippen molar-refractivity contribution in [2.45, 2.75) is 26.4 Å². The highest BCUT2D eigenvalue weighted by molar-refractivity contribution is 5.95. The molecule has 0 heterocycles. The number of ether oxygens (including phenoxy) is 2. The average molecular weight is 312 g/mol. The zero-order valence-electron chi connectivity index (χ0n) is 13.2. The van der Waals surface area contributed by atoms with E-state index in [2.05, 4.69) is 0 Å².